The summed E-state index contributed by atoms with van der Waals surface area (Å²) in [6.07, 6.45) is 29.6. The normalized spacial score (nSPS) is 13.6. The number of carbonyl (C=O) groups excluding carboxylic acids is 2. The van der Waals surface area contributed by atoms with Crippen LogP contribution in [0.15, 0.2) is 12.2 Å². The van der Waals surface area contributed by atoms with Gasteiger partial charge < -0.3 is 20.1 Å². The third-order valence-corrected chi connectivity index (χ3v) is 8.64. The zero-order valence-corrected chi connectivity index (χ0v) is 29.8. The van der Waals surface area contributed by atoms with E-state index in [0.29, 0.717) is 6.42 Å². The van der Waals surface area contributed by atoms with Crippen molar-refractivity contribution in [2.75, 3.05) is 26.4 Å². The second-order valence-electron chi connectivity index (χ2n) is 12.1. The van der Waals surface area contributed by atoms with Crippen LogP contribution in [0.4, 0.5) is 0 Å². The largest absolute Gasteiger partial charge is 0.472 e. The predicted molar refractivity (Wildman–Crippen MR) is 183 cm³/mol. The number of rotatable bonds is 34. The van der Waals surface area contributed by atoms with Gasteiger partial charge in [-0.1, -0.05) is 129 Å². The third-order valence-electron chi connectivity index (χ3n) is 7.65. The van der Waals surface area contributed by atoms with Crippen LogP contribution in [0.5, 0.6) is 0 Å². The lowest BCUT2D eigenvalue weighted by atomic mass is 10.1. The number of hydrogen-bond acceptors (Lipinski definition) is 8. The molecule has 0 heterocycles. The molecule has 0 spiro atoms. The maximum Gasteiger partial charge on any atom is 0.472 e. The van der Waals surface area contributed by atoms with Crippen molar-refractivity contribution in [3.05, 3.63) is 12.2 Å². The Morgan fingerprint density at radius 1 is 0.644 bits per heavy atom. The fourth-order valence-electron chi connectivity index (χ4n) is 4.92. The van der Waals surface area contributed by atoms with Crippen LogP contribution in [0.25, 0.3) is 0 Å². The van der Waals surface area contributed by atoms with Crippen molar-refractivity contribution >= 4 is 19.8 Å². The van der Waals surface area contributed by atoms with Gasteiger partial charge in [-0.15, -0.1) is 0 Å². The van der Waals surface area contributed by atoms with Gasteiger partial charge in [-0.2, -0.15) is 0 Å². The number of allylic oxidation sites excluding steroid dienone is 2. The molecule has 0 aromatic heterocycles. The smallest absolute Gasteiger partial charge is 0.462 e. The van der Waals surface area contributed by atoms with E-state index in [9.17, 15) is 19.0 Å². The van der Waals surface area contributed by atoms with Gasteiger partial charge in [-0.05, 0) is 38.5 Å². The predicted octanol–water partition coefficient (Wildman–Crippen LogP) is 9.49. The van der Waals surface area contributed by atoms with Crippen LogP contribution in [0.2, 0.25) is 0 Å². The molecular weight excluding hydrogens is 593 g/mol. The summed E-state index contributed by atoms with van der Waals surface area (Å²) in [5, 5.41) is 0. The second kappa shape index (κ2) is 32.7. The minimum atomic E-state index is -4.36. The monoisotopic (exact) mass is 661 g/mol. The van der Waals surface area contributed by atoms with Crippen molar-refractivity contribution in [2.24, 2.45) is 5.73 Å². The molecule has 0 aromatic carbocycles. The molecule has 10 heteroatoms. The minimum absolute atomic E-state index is 0.0535. The molecule has 0 aliphatic heterocycles. The molecule has 0 amide bonds. The number of phosphoric acid groups is 1. The van der Waals surface area contributed by atoms with E-state index in [1.54, 1.807) is 0 Å². The highest BCUT2D eigenvalue weighted by Crippen LogP contribution is 2.43. The van der Waals surface area contributed by atoms with Crippen molar-refractivity contribution in [1.29, 1.82) is 0 Å². The quantitative estimate of drug-likeness (QED) is 0.0299. The van der Waals surface area contributed by atoms with Crippen LogP contribution < -0.4 is 5.73 Å². The van der Waals surface area contributed by atoms with Gasteiger partial charge in [0.25, 0.3) is 0 Å². The zero-order chi connectivity index (χ0) is 33.3. The number of carbonyl (C=O) groups is 2. The Morgan fingerprint density at radius 3 is 1.60 bits per heavy atom. The molecular formula is C35H68NO8P. The third kappa shape index (κ3) is 32.5. The molecule has 0 bridgehead atoms. The van der Waals surface area contributed by atoms with Crippen LogP contribution >= 0.6 is 7.82 Å². The molecule has 266 valence electrons. The minimum Gasteiger partial charge on any atom is -0.462 e. The molecule has 9 nitrogen and oxygen atoms in total. The number of phosphoric ester groups is 1. The molecule has 0 saturated heterocycles. The van der Waals surface area contributed by atoms with Gasteiger partial charge in [-0.25, -0.2) is 4.57 Å². The van der Waals surface area contributed by atoms with Crippen molar-refractivity contribution in [1.82, 2.24) is 0 Å². The summed E-state index contributed by atoms with van der Waals surface area (Å²) in [5.41, 5.74) is 5.32. The Morgan fingerprint density at radius 2 is 1.09 bits per heavy atom. The number of nitrogens with two attached hydrogens (primary N) is 1. The number of unbranched alkanes of at least 4 members (excludes halogenated alkanes) is 19. The molecule has 0 saturated carbocycles. The van der Waals surface area contributed by atoms with Gasteiger partial charge in [0.15, 0.2) is 6.10 Å². The Balaban J connectivity index is 4.27. The molecule has 0 fully saturated rings. The summed E-state index contributed by atoms with van der Waals surface area (Å²) >= 11 is 0. The summed E-state index contributed by atoms with van der Waals surface area (Å²) in [5.74, 6) is -0.845. The molecule has 1 unspecified atom stereocenters. The maximum atomic E-state index is 12.5. The van der Waals surface area contributed by atoms with E-state index in [1.807, 2.05) is 0 Å². The van der Waals surface area contributed by atoms with E-state index in [-0.39, 0.29) is 38.6 Å². The van der Waals surface area contributed by atoms with E-state index in [2.05, 4.69) is 26.0 Å². The Kier molecular flexibility index (Phi) is 31.8. The standard InChI is InChI=1S/C35H68NO8P/c1-3-5-7-9-11-13-15-16-18-20-22-24-26-28-35(38)44-33(32-43-45(39,40)42-30-29-36)31-41-34(37)27-25-23-21-19-17-14-12-10-8-6-4-2/h16,18,33H,3-15,17,19-32,36H2,1-2H3,(H,39,40)/b18-16+/t33-/m1/s1. The van der Waals surface area contributed by atoms with Gasteiger partial charge in [0.05, 0.1) is 13.2 Å². The number of esters is 2. The van der Waals surface area contributed by atoms with E-state index in [0.717, 1.165) is 44.9 Å². The van der Waals surface area contributed by atoms with Crippen LogP contribution in [0, 0.1) is 0 Å². The van der Waals surface area contributed by atoms with Crippen LogP contribution in [0.1, 0.15) is 168 Å². The molecule has 45 heavy (non-hydrogen) atoms. The first-order chi connectivity index (χ1) is 21.8. The van der Waals surface area contributed by atoms with Crippen LogP contribution in [0.3, 0.4) is 0 Å². The lowest BCUT2D eigenvalue weighted by Crippen LogP contribution is -2.29. The highest BCUT2D eigenvalue weighted by molar-refractivity contribution is 7.47. The van der Waals surface area contributed by atoms with Crippen molar-refractivity contribution < 1.29 is 37.6 Å². The summed E-state index contributed by atoms with van der Waals surface area (Å²) < 4.78 is 32.5. The average molecular weight is 662 g/mol. The fourth-order valence-corrected chi connectivity index (χ4v) is 5.69. The Hall–Kier alpha value is -1.25. The van der Waals surface area contributed by atoms with Gasteiger partial charge in [0.2, 0.25) is 0 Å². The van der Waals surface area contributed by atoms with E-state index in [4.69, 9.17) is 24.3 Å². The molecule has 2 atom stereocenters. The topological polar surface area (TPSA) is 134 Å². The zero-order valence-electron chi connectivity index (χ0n) is 28.9. The van der Waals surface area contributed by atoms with Gasteiger partial charge in [-0.3, -0.25) is 18.6 Å². The molecule has 0 aliphatic carbocycles. The summed E-state index contributed by atoms with van der Waals surface area (Å²) in [6, 6.07) is 0. The summed E-state index contributed by atoms with van der Waals surface area (Å²) in [7, 11) is -4.36. The molecule has 0 radical (unpaired) electrons. The van der Waals surface area contributed by atoms with Gasteiger partial charge >= 0.3 is 19.8 Å². The number of ether oxygens (including phenoxy) is 2. The first-order valence-corrected chi connectivity index (χ1v) is 19.7. The van der Waals surface area contributed by atoms with Crippen LogP contribution in [-0.4, -0.2) is 49.3 Å². The molecule has 0 aromatic rings. The van der Waals surface area contributed by atoms with E-state index in [1.165, 1.54) is 89.9 Å². The van der Waals surface area contributed by atoms with E-state index < -0.39 is 26.5 Å². The molecule has 0 rings (SSSR count). The highest BCUT2D eigenvalue weighted by Gasteiger charge is 2.25. The van der Waals surface area contributed by atoms with Gasteiger partial charge in [0.1, 0.15) is 6.61 Å². The molecule has 3 N–H and O–H groups in total. The number of hydrogen-bond donors (Lipinski definition) is 2. The Labute approximate surface area is 275 Å². The second-order valence-corrected chi connectivity index (χ2v) is 13.5. The first kappa shape index (κ1) is 43.8. The van der Waals surface area contributed by atoms with Crippen molar-refractivity contribution in [3.8, 4) is 0 Å². The maximum absolute atomic E-state index is 12.5. The Bertz CT molecular complexity index is 764. The van der Waals surface area contributed by atoms with Crippen LogP contribution in [-0.2, 0) is 32.7 Å². The molecule has 0 aliphatic rings. The van der Waals surface area contributed by atoms with Gasteiger partial charge in [0, 0.05) is 19.4 Å². The van der Waals surface area contributed by atoms with Crippen molar-refractivity contribution in [3.63, 3.8) is 0 Å². The highest BCUT2D eigenvalue weighted by atomic mass is 31.2. The van der Waals surface area contributed by atoms with Crippen molar-refractivity contribution in [2.45, 2.75) is 174 Å². The van der Waals surface area contributed by atoms with E-state index >= 15 is 0 Å². The average Bonchev–Trinajstić information content (AvgIpc) is 3.02. The summed E-state index contributed by atoms with van der Waals surface area (Å²) in [4.78, 5) is 34.6. The lowest BCUT2D eigenvalue weighted by Gasteiger charge is -2.19. The SMILES string of the molecule is CCCCCCCC/C=C/CCCCCC(=O)O[C@H](COC(=O)CCCCCCCCCCCCC)COP(=O)(O)OCCN. The summed E-state index contributed by atoms with van der Waals surface area (Å²) in [6.45, 7) is 3.69. The first-order valence-electron chi connectivity index (χ1n) is 18.2. The lowest BCUT2D eigenvalue weighted by molar-refractivity contribution is -0.161. The fraction of sp³-hybridized carbons (Fsp3) is 0.886.